The topological polar surface area (TPSA) is 39.0 Å². The van der Waals surface area contributed by atoms with Crippen LogP contribution in [0.1, 0.15) is 0 Å². The first-order valence-electron chi connectivity index (χ1n) is 21.3. The van der Waals surface area contributed by atoms with Crippen LogP contribution in [-0.2, 0) is 0 Å². The second kappa shape index (κ2) is 14.7. The van der Waals surface area contributed by atoms with Gasteiger partial charge in [0, 0.05) is 31.0 Å². The average Bonchev–Trinajstić information content (AvgIpc) is 3.79. The first-order valence-corrected chi connectivity index (χ1v) is 21.3. The van der Waals surface area contributed by atoms with E-state index >= 15 is 0 Å². The van der Waals surface area contributed by atoms with Gasteiger partial charge in [-0.15, -0.1) is 0 Å². The first kappa shape index (κ1) is 36.5. The van der Waals surface area contributed by atoms with Gasteiger partial charge in [0.25, 0.3) is 0 Å². The van der Waals surface area contributed by atoms with Gasteiger partial charge in [-0.25, -0.2) is 4.98 Å². The molecule has 0 unspecified atom stereocenters. The quantitative estimate of drug-likeness (QED) is 0.167. The molecule has 63 heavy (non-hydrogen) atoms. The number of fused-ring (bicyclic) bond motifs is 5. The van der Waals surface area contributed by atoms with Crippen molar-refractivity contribution in [1.29, 1.82) is 0 Å². The molecule has 2 aliphatic heterocycles. The van der Waals surface area contributed by atoms with Gasteiger partial charge in [0.1, 0.15) is 5.52 Å². The summed E-state index contributed by atoms with van der Waals surface area (Å²) in [7, 11) is 4.30. The number of oxazole rings is 1. The molecule has 6 heteroatoms. The first-order chi connectivity index (χ1) is 31.1. The van der Waals surface area contributed by atoms with Gasteiger partial charge in [-0.05, 0) is 130 Å². The Labute approximate surface area is 366 Å². The molecule has 0 bridgehead atoms. The molecule has 0 atom stereocenters. The molecule has 0 saturated heterocycles. The molecule has 6 nitrogen and oxygen atoms in total. The highest BCUT2D eigenvalue weighted by Gasteiger charge is 2.29. The molecule has 0 N–H and O–H groups in total. The molecule has 10 aromatic rings. The standard InChI is InChI=1S/C57H41N5O/c1-59-47-23-4-8-27-51(47)61(52-28-9-5-24-48(52)59)42-18-13-16-40(36-42)45-21-15-20-44(38-32-34-39(35-33-38)57-58-46-22-3-12-31-55(46)63-57)56(45)41-17-14-19-43(37-41)62-53-29-10-6-25-49(53)60(2)50-26-7-11-30-54(50)62/h3-37H,1-2H3. The maximum absolute atomic E-state index is 6.18. The van der Waals surface area contributed by atoms with Crippen LogP contribution < -0.4 is 19.6 Å². The number of nitrogens with zero attached hydrogens (tertiary/aromatic N) is 5. The van der Waals surface area contributed by atoms with Gasteiger partial charge in [-0.1, -0.05) is 115 Å². The average molecular weight is 812 g/mol. The summed E-state index contributed by atoms with van der Waals surface area (Å²) in [5, 5.41) is 0. The van der Waals surface area contributed by atoms with Crippen molar-refractivity contribution in [1.82, 2.24) is 4.98 Å². The number of rotatable bonds is 6. The van der Waals surface area contributed by atoms with Crippen molar-refractivity contribution >= 4 is 68.0 Å². The molecule has 12 rings (SSSR count). The fourth-order valence-corrected chi connectivity index (χ4v) is 9.57. The minimum atomic E-state index is 0.612. The van der Waals surface area contributed by atoms with E-state index < -0.39 is 0 Å². The molecule has 1 aromatic heterocycles. The third-order valence-electron chi connectivity index (χ3n) is 12.5. The van der Waals surface area contributed by atoms with Crippen LogP contribution >= 0.6 is 0 Å². The molecule has 2 aliphatic rings. The second-order valence-electron chi connectivity index (χ2n) is 16.1. The number of hydrogen-bond donors (Lipinski definition) is 0. The Morgan fingerprint density at radius 1 is 0.349 bits per heavy atom. The highest BCUT2D eigenvalue weighted by molar-refractivity contribution is 6.02. The third-order valence-corrected chi connectivity index (χ3v) is 12.5. The molecule has 0 fully saturated rings. The van der Waals surface area contributed by atoms with Crippen molar-refractivity contribution < 1.29 is 4.42 Å². The summed E-state index contributed by atoms with van der Waals surface area (Å²) in [5.74, 6) is 0.612. The Bertz CT molecular complexity index is 3240. The molecule has 0 radical (unpaired) electrons. The van der Waals surface area contributed by atoms with E-state index in [1.165, 1.54) is 0 Å². The van der Waals surface area contributed by atoms with E-state index in [2.05, 4.69) is 222 Å². The fourth-order valence-electron chi connectivity index (χ4n) is 9.57. The Morgan fingerprint density at radius 3 is 1.29 bits per heavy atom. The highest BCUT2D eigenvalue weighted by Crippen LogP contribution is 2.53. The van der Waals surface area contributed by atoms with Crippen LogP contribution in [0.3, 0.4) is 0 Å². The monoisotopic (exact) mass is 811 g/mol. The van der Waals surface area contributed by atoms with Crippen LogP contribution in [0.15, 0.2) is 217 Å². The van der Waals surface area contributed by atoms with Gasteiger partial charge in [-0.3, -0.25) is 0 Å². The zero-order valence-electron chi connectivity index (χ0n) is 34.9. The molecule has 0 amide bonds. The Hall–Kier alpha value is -8.35. The smallest absolute Gasteiger partial charge is 0.227 e. The van der Waals surface area contributed by atoms with Gasteiger partial charge in [0.15, 0.2) is 5.58 Å². The van der Waals surface area contributed by atoms with Crippen molar-refractivity contribution in [3.05, 3.63) is 212 Å². The number of benzene rings is 9. The van der Waals surface area contributed by atoms with Crippen molar-refractivity contribution in [2.75, 3.05) is 33.7 Å². The third kappa shape index (κ3) is 5.98. The van der Waals surface area contributed by atoms with Gasteiger partial charge in [0.2, 0.25) is 5.89 Å². The molecular weight excluding hydrogens is 771 g/mol. The number of aromatic nitrogens is 1. The SMILES string of the molecule is CN1c2ccccc2N(c2cccc(-c3cccc(-c4ccc(-c5nc6ccccc6o5)cc4)c3-c3cccc(N4c5ccccc5N(C)c5ccccc54)c3)c2)c2ccccc21. The summed E-state index contributed by atoms with van der Waals surface area (Å²) in [6.45, 7) is 0. The summed E-state index contributed by atoms with van der Waals surface area (Å²) in [4.78, 5) is 14.2. The van der Waals surface area contributed by atoms with Crippen LogP contribution in [0, 0.1) is 0 Å². The summed E-state index contributed by atoms with van der Waals surface area (Å²) < 4.78 is 6.18. The predicted octanol–water partition coefficient (Wildman–Crippen LogP) is 15.6. The van der Waals surface area contributed by atoms with E-state index in [0.717, 1.165) is 107 Å². The molecule has 9 aromatic carbocycles. The van der Waals surface area contributed by atoms with Crippen molar-refractivity contribution in [2.24, 2.45) is 0 Å². The van der Waals surface area contributed by atoms with Gasteiger partial charge in [-0.2, -0.15) is 0 Å². The molecule has 300 valence electrons. The lowest BCUT2D eigenvalue weighted by atomic mass is 9.87. The van der Waals surface area contributed by atoms with Crippen molar-refractivity contribution in [3.8, 4) is 44.8 Å². The largest absolute Gasteiger partial charge is 0.436 e. The maximum Gasteiger partial charge on any atom is 0.227 e. The number of anilines is 10. The van der Waals surface area contributed by atoms with Gasteiger partial charge >= 0.3 is 0 Å². The number of hydrogen-bond acceptors (Lipinski definition) is 6. The van der Waals surface area contributed by atoms with Crippen LogP contribution in [0.2, 0.25) is 0 Å². The summed E-state index contributed by atoms with van der Waals surface area (Å²) >= 11 is 0. The van der Waals surface area contributed by atoms with E-state index in [1.54, 1.807) is 0 Å². The van der Waals surface area contributed by atoms with Gasteiger partial charge < -0.3 is 24.0 Å². The lowest BCUT2D eigenvalue weighted by Gasteiger charge is -2.38. The molecule has 0 saturated carbocycles. The molecule has 0 aliphatic carbocycles. The minimum Gasteiger partial charge on any atom is -0.436 e. The van der Waals surface area contributed by atoms with Crippen LogP contribution in [0.4, 0.5) is 56.9 Å². The molecular formula is C57H41N5O. The molecule has 3 heterocycles. The van der Waals surface area contributed by atoms with Crippen LogP contribution in [-0.4, -0.2) is 19.1 Å². The highest BCUT2D eigenvalue weighted by atomic mass is 16.3. The number of para-hydroxylation sites is 10. The lowest BCUT2D eigenvalue weighted by Crippen LogP contribution is -2.23. The van der Waals surface area contributed by atoms with E-state index in [0.29, 0.717) is 5.89 Å². The van der Waals surface area contributed by atoms with Crippen LogP contribution in [0.25, 0.3) is 55.9 Å². The second-order valence-corrected chi connectivity index (χ2v) is 16.1. The van der Waals surface area contributed by atoms with Crippen molar-refractivity contribution in [2.45, 2.75) is 0 Å². The fraction of sp³-hybridized carbons (Fsp3) is 0.0351. The van der Waals surface area contributed by atoms with E-state index in [9.17, 15) is 0 Å². The zero-order valence-corrected chi connectivity index (χ0v) is 34.9. The van der Waals surface area contributed by atoms with Gasteiger partial charge in [0.05, 0.1) is 45.5 Å². The summed E-state index contributed by atoms with van der Waals surface area (Å²) in [6, 6.07) is 75.9. The maximum atomic E-state index is 6.18. The Morgan fingerprint density at radius 2 is 0.762 bits per heavy atom. The minimum absolute atomic E-state index is 0.612. The van der Waals surface area contributed by atoms with Crippen LogP contribution in [0.5, 0.6) is 0 Å². The van der Waals surface area contributed by atoms with E-state index in [1.807, 2.05) is 24.3 Å². The van der Waals surface area contributed by atoms with E-state index in [4.69, 9.17) is 9.40 Å². The van der Waals surface area contributed by atoms with Crippen molar-refractivity contribution in [3.63, 3.8) is 0 Å². The summed E-state index contributed by atoms with van der Waals surface area (Å²) in [6.07, 6.45) is 0. The Balaban J connectivity index is 1.04. The summed E-state index contributed by atoms with van der Waals surface area (Å²) in [5.41, 5.74) is 20.7. The predicted molar refractivity (Wildman–Crippen MR) is 261 cm³/mol. The normalized spacial score (nSPS) is 12.8. The molecule has 0 spiro atoms. The van der Waals surface area contributed by atoms with E-state index in [-0.39, 0.29) is 0 Å². The Kier molecular flexibility index (Phi) is 8.50. The lowest BCUT2D eigenvalue weighted by molar-refractivity contribution is 0.620. The zero-order chi connectivity index (χ0) is 42.0.